The van der Waals surface area contributed by atoms with E-state index in [2.05, 4.69) is 34.1 Å². The Bertz CT molecular complexity index is 570. The van der Waals surface area contributed by atoms with Gasteiger partial charge in [-0.25, -0.2) is 0 Å². The standard InChI is InChI=1S/C18H22N2O/c1-21-17-8-2-7-16(13-17)18-9-12-20(18)11-4-6-15-5-3-10-19-14-15/h2-3,5,7-8,10,13-14,18H,4,6,9,11-12H2,1H3/t18-/m1/s1. The highest BCUT2D eigenvalue weighted by atomic mass is 16.5. The minimum atomic E-state index is 0.564. The quantitative estimate of drug-likeness (QED) is 0.811. The Labute approximate surface area is 126 Å². The van der Waals surface area contributed by atoms with Crippen LogP contribution in [0.2, 0.25) is 0 Å². The fourth-order valence-electron chi connectivity index (χ4n) is 2.97. The summed E-state index contributed by atoms with van der Waals surface area (Å²) in [6, 6.07) is 13.2. The van der Waals surface area contributed by atoms with Crippen molar-refractivity contribution in [2.45, 2.75) is 25.3 Å². The summed E-state index contributed by atoms with van der Waals surface area (Å²) in [4.78, 5) is 6.73. The molecule has 0 spiro atoms. The summed E-state index contributed by atoms with van der Waals surface area (Å²) < 4.78 is 5.32. The van der Waals surface area contributed by atoms with Gasteiger partial charge in [-0.1, -0.05) is 18.2 Å². The predicted octanol–water partition coefficient (Wildman–Crippen LogP) is 3.47. The molecule has 1 aliphatic rings. The normalized spacial score (nSPS) is 18.2. The van der Waals surface area contributed by atoms with Gasteiger partial charge in [-0.15, -0.1) is 0 Å². The Kier molecular flexibility index (Phi) is 4.51. The van der Waals surface area contributed by atoms with Crippen molar-refractivity contribution in [1.29, 1.82) is 0 Å². The van der Waals surface area contributed by atoms with Crippen molar-refractivity contribution < 1.29 is 4.74 Å². The lowest BCUT2D eigenvalue weighted by Gasteiger charge is -2.41. The molecule has 3 rings (SSSR count). The van der Waals surface area contributed by atoms with E-state index in [9.17, 15) is 0 Å². The molecule has 0 radical (unpaired) electrons. The zero-order valence-corrected chi connectivity index (χ0v) is 12.5. The van der Waals surface area contributed by atoms with Gasteiger partial charge in [-0.3, -0.25) is 9.88 Å². The molecule has 1 fully saturated rings. The smallest absolute Gasteiger partial charge is 0.119 e. The number of likely N-dealkylation sites (tertiary alicyclic amines) is 1. The molecular weight excluding hydrogens is 260 g/mol. The summed E-state index contributed by atoms with van der Waals surface area (Å²) in [6.07, 6.45) is 7.34. The van der Waals surface area contributed by atoms with Gasteiger partial charge >= 0.3 is 0 Å². The Morgan fingerprint density at radius 1 is 1.29 bits per heavy atom. The molecule has 3 nitrogen and oxygen atoms in total. The van der Waals surface area contributed by atoms with E-state index in [4.69, 9.17) is 4.74 Å². The molecule has 21 heavy (non-hydrogen) atoms. The van der Waals surface area contributed by atoms with E-state index >= 15 is 0 Å². The lowest BCUT2D eigenvalue weighted by atomic mass is 9.94. The van der Waals surface area contributed by atoms with E-state index in [0.717, 1.165) is 18.7 Å². The largest absolute Gasteiger partial charge is 0.497 e. The van der Waals surface area contributed by atoms with Gasteiger partial charge < -0.3 is 4.74 Å². The second-order valence-electron chi connectivity index (χ2n) is 5.58. The van der Waals surface area contributed by atoms with Crippen molar-refractivity contribution in [2.75, 3.05) is 20.2 Å². The van der Waals surface area contributed by atoms with Crippen molar-refractivity contribution in [2.24, 2.45) is 0 Å². The van der Waals surface area contributed by atoms with E-state index in [1.54, 1.807) is 7.11 Å². The number of pyridine rings is 1. The number of methoxy groups -OCH3 is 1. The number of hydrogen-bond acceptors (Lipinski definition) is 3. The van der Waals surface area contributed by atoms with Gasteiger partial charge in [0.1, 0.15) is 5.75 Å². The van der Waals surface area contributed by atoms with Crippen LogP contribution in [0.15, 0.2) is 48.8 Å². The molecule has 1 atom stereocenters. The van der Waals surface area contributed by atoms with Crippen LogP contribution in [0.4, 0.5) is 0 Å². The molecular formula is C18H22N2O. The first-order valence-electron chi connectivity index (χ1n) is 7.64. The Morgan fingerprint density at radius 2 is 2.24 bits per heavy atom. The molecule has 0 bridgehead atoms. The van der Waals surface area contributed by atoms with Crippen LogP contribution in [0.25, 0.3) is 0 Å². The number of benzene rings is 1. The van der Waals surface area contributed by atoms with Crippen LogP contribution in [-0.4, -0.2) is 30.1 Å². The minimum Gasteiger partial charge on any atom is -0.497 e. The van der Waals surface area contributed by atoms with Gasteiger partial charge in [0.05, 0.1) is 7.11 Å². The first-order valence-corrected chi connectivity index (χ1v) is 7.64. The summed E-state index contributed by atoms with van der Waals surface area (Å²) in [5.74, 6) is 0.953. The third-order valence-electron chi connectivity index (χ3n) is 4.24. The highest BCUT2D eigenvalue weighted by Gasteiger charge is 2.28. The second-order valence-corrected chi connectivity index (χ2v) is 5.58. The summed E-state index contributed by atoms with van der Waals surface area (Å²) in [5.41, 5.74) is 2.71. The lowest BCUT2D eigenvalue weighted by molar-refractivity contribution is 0.0894. The highest BCUT2D eigenvalue weighted by molar-refractivity contribution is 5.31. The van der Waals surface area contributed by atoms with Crippen LogP contribution < -0.4 is 4.74 Å². The Hall–Kier alpha value is -1.87. The van der Waals surface area contributed by atoms with Crippen LogP contribution in [0.3, 0.4) is 0 Å². The minimum absolute atomic E-state index is 0.564. The zero-order chi connectivity index (χ0) is 14.5. The molecule has 1 aliphatic heterocycles. The van der Waals surface area contributed by atoms with Gasteiger partial charge in [0.2, 0.25) is 0 Å². The first-order chi connectivity index (χ1) is 10.4. The highest BCUT2D eigenvalue weighted by Crippen LogP contribution is 2.34. The maximum Gasteiger partial charge on any atom is 0.119 e. The van der Waals surface area contributed by atoms with Gasteiger partial charge in [0.15, 0.2) is 0 Å². The third kappa shape index (κ3) is 3.42. The summed E-state index contributed by atoms with van der Waals surface area (Å²) in [6.45, 7) is 2.35. The predicted molar refractivity (Wildman–Crippen MR) is 84.5 cm³/mol. The molecule has 0 unspecified atom stereocenters. The molecule has 2 aromatic rings. The van der Waals surface area contributed by atoms with Crippen molar-refractivity contribution in [3.05, 3.63) is 59.9 Å². The van der Waals surface area contributed by atoms with E-state index in [-0.39, 0.29) is 0 Å². The first kappa shape index (κ1) is 14.1. The molecule has 1 aromatic heterocycles. The van der Waals surface area contributed by atoms with Gasteiger partial charge in [0.25, 0.3) is 0 Å². The van der Waals surface area contributed by atoms with Crippen molar-refractivity contribution >= 4 is 0 Å². The van der Waals surface area contributed by atoms with Crippen molar-refractivity contribution in [3.63, 3.8) is 0 Å². The summed E-state index contributed by atoms with van der Waals surface area (Å²) in [7, 11) is 1.73. The molecule has 0 amide bonds. The SMILES string of the molecule is COc1cccc([C@H]2CCN2CCCc2cccnc2)c1. The van der Waals surface area contributed by atoms with Crippen LogP contribution in [0.5, 0.6) is 5.75 Å². The van der Waals surface area contributed by atoms with Gasteiger partial charge in [-0.05, 0) is 55.1 Å². The van der Waals surface area contributed by atoms with Crippen LogP contribution in [0, 0.1) is 0 Å². The average Bonchev–Trinajstić information content (AvgIpc) is 2.51. The fraction of sp³-hybridized carbons (Fsp3) is 0.389. The topological polar surface area (TPSA) is 25.4 Å². The average molecular weight is 282 g/mol. The lowest BCUT2D eigenvalue weighted by Crippen LogP contribution is -2.41. The zero-order valence-electron chi connectivity index (χ0n) is 12.5. The van der Waals surface area contributed by atoms with Crippen molar-refractivity contribution in [1.82, 2.24) is 9.88 Å². The Balaban J connectivity index is 1.52. The van der Waals surface area contributed by atoms with E-state index in [1.807, 2.05) is 24.5 Å². The van der Waals surface area contributed by atoms with Crippen molar-refractivity contribution in [3.8, 4) is 5.75 Å². The number of nitrogens with zero attached hydrogens (tertiary/aromatic N) is 2. The second kappa shape index (κ2) is 6.72. The van der Waals surface area contributed by atoms with Crippen LogP contribution >= 0.6 is 0 Å². The maximum absolute atomic E-state index is 5.32. The monoisotopic (exact) mass is 282 g/mol. The molecule has 3 heteroatoms. The van der Waals surface area contributed by atoms with Gasteiger partial charge in [0, 0.05) is 25.0 Å². The van der Waals surface area contributed by atoms with E-state index in [1.165, 1.54) is 30.5 Å². The summed E-state index contributed by atoms with van der Waals surface area (Å²) in [5, 5.41) is 0. The number of aromatic nitrogens is 1. The van der Waals surface area contributed by atoms with Crippen LogP contribution in [-0.2, 0) is 6.42 Å². The Morgan fingerprint density at radius 3 is 2.95 bits per heavy atom. The molecule has 1 saturated heterocycles. The molecule has 2 heterocycles. The number of ether oxygens (including phenoxy) is 1. The van der Waals surface area contributed by atoms with Crippen LogP contribution in [0.1, 0.15) is 30.0 Å². The maximum atomic E-state index is 5.32. The molecule has 0 aliphatic carbocycles. The third-order valence-corrected chi connectivity index (χ3v) is 4.24. The molecule has 0 saturated carbocycles. The van der Waals surface area contributed by atoms with Gasteiger partial charge in [-0.2, -0.15) is 0 Å². The number of rotatable bonds is 6. The fourth-order valence-corrected chi connectivity index (χ4v) is 2.97. The number of aryl methyl sites for hydroxylation is 1. The summed E-state index contributed by atoms with van der Waals surface area (Å²) >= 11 is 0. The molecule has 1 aromatic carbocycles. The molecule has 0 N–H and O–H groups in total. The molecule has 110 valence electrons. The number of hydrogen-bond donors (Lipinski definition) is 0. The van der Waals surface area contributed by atoms with E-state index < -0.39 is 0 Å². The van der Waals surface area contributed by atoms with E-state index in [0.29, 0.717) is 6.04 Å².